The first-order chi connectivity index (χ1) is 13.8. The van der Waals surface area contributed by atoms with Crippen molar-refractivity contribution in [2.24, 2.45) is 5.92 Å². The number of nitrogens with zero attached hydrogens (tertiary/aromatic N) is 1. The summed E-state index contributed by atoms with van der Waals surface area (Å²) < 4.78 is 0. The van der Waals surface area contributed by atoms with Gasteiger partial charge in [-0.1, -0.05) is 38.8 Å². The molecule has 1 spiro atoms. The van der Waals surface area contributed by atoms with E-state index < -0.39 is 11.6 Å². The van der Waals surface area contributed by atoms with E-state index in [1.54, 1.807) is 12.1 Å². The second-order valence-electron chi connectivity index (χ2n) is 8.04. The minimum absolute atomic E-state index is 0.0501. The van der Waals surface area contributed by atoms with E-state index in [0.29, 0.717) is 25.1 Å². The lowest BCUT2D eigenvalue weighted by atomic mass is 9.98. The number of nitrogens with one attached hydrogen (secondary N) is 3. The Morgan fingerprint density at radius 1 is 1.14 bits per heavy atom. The minimum Gasteiger partial charge on any atom is -0.352 e. The number of carbonyl (C=O) groups is 4. The molecule has 5 amide bonds. The van der Waals surface area contributed by atoms with Crippen LogP contribution in [-0.2, 0) is 20.9 Å². The lowest BCUT2D eigenvalue weighted by Crippen LogP contribution is -2.44. The largest absolute Gasteiger partial charge is 0.352 e. The van der Waals surface area contributed by atoms with Gasteiger partial charge in [0.2, 0.25) is 11.8 Å². The molecule has 1 aliphatic carbocycles. The summed E-state index contributed by atoms with van der Waals surface area (Å²) in [6.07, 6.45) is 3.28. The van der Waals surface area contributed by atoms with E-state index in [9.17, 15) is 19.2 Å². The number of urea groups is 1. The first kappa shape index (κ1) is 20.8. The molecule has 0 unspecified atom stereocenters. The molecule has 3 rings (SSSR count). The van der Waals surface area contributed by atoms with Gasteiger partial charge in [-0.15, -0.1) is 0 Å². The summed E-state index contributed by atoms with van der Waals surface area (Å²) in [6, 6.07) is 6.84. The molecule has 29 heavy (non-hydrogen) atoms. The third kappa shape index (κ3) is 4.75. The third-order valence-corrected chi connectivity index (χ3v) is 5.50. The van der Waals surface area contributed by atoms with Gasteiger partial charge in [-0.3, -0.25) is 19.3 Å². The van der Waals surface area contributed by atoms with Gasteiger partial charge in [-0.05, 0) is 30.5 Å². The number of carbonyl (C=O) groups excluding carboxylic acids is 4. The SMILES string of the molecule is CC(C)C(=O)Nc1ccc(CNC(=O)CCN2C(=O)NC3(CCCC3)C2=O)cc1. The van der Waals surface area contributed by atoms with Gasteiger partial charge < -0.3 is 16.0 Å². The van der Waals surface area contributed by atoms with Gasteiger partial charge in [0, 0.05) is 31.1 Å². The van der Waals surface area contributed by atoms with Crippen LogP contribution in [0, 0.1) is 5.92 Å². The van der Waals surface area contributed by atoms with Crippen LogP contribution in [-0.4, -0.2) is 40.7 Å². The van der Waals surface area contributed by atoms with E-state index in [4.69, 9.17) is 0 Å². The van der Waals surface area contributed by atoms with Crippen molar-refractivity contribution in [3.8, 4) is 0 Å². The fraction of sp³-hybridized carbons (Fsp3) is 0.524. The van der Waals surface area contributed by atoms with Gasteiger partial charge in [0.15, 0.2) is 0 Å². The maximum atomic E-state index is 12.6. The van der Waals surface area contributed by atoms with Gasteiger partial charge in [0.1, 0.15) is 5.54 Å². The molecule has 3 N–H and O–H groups in total. The molecule has 1 aliphatic heterocycles. The molecule has 0 bridgehead atoms. The average molecular weight is 400 g/mol. The molecular weight excluding hydrogens is 372 g/mol. The first-order valence-corrected chi connectivity index (χ1v) is 10.1. The average Bonchev–Trinajstić information content (AvgIpc) is 3.25. The quantitative estimate of drug-likeness (QED) is 0.610. The van der Waals surface area contributed by atoms with Crippen molar-refractivity contribution in [1.82, 2.24) is 15.5 Å². The van der Waals surface area contributed by atoms with Crippen LogP contribution in [0.2, 0.25) is 0 Å². The Balaban J connectivity index is 1.44. The van der Waals surface area contributed by atoms with E-state index in [-0.39, 0.29) is 36.6 Å². The van der Waals surface area contributed by atoms with Crippen LogP contribution in [0.3, 0.4) is 0 Å². The molecule has 1 heterocycles. The molecule has 0 atom stereocenters. The molecule has 8 heteroatoms. The Kier molecular flexibility index (Phi) is 6.20. The Hall–Kier alpha value is -2.90. The fourth-order valence-corrected chi connectivity index (χ4v) is 3.69. The molecule has 1 saturated heterocycles. The summed E-state index contributed by atoms with van der Waals surface area (Å²) in [5.41, 5.74) is 0.860. The molecular formula is C21H28N4O4. The topological polar surface area (TPSA) is 108 Å². The van der Waals surface area contributed by atoms with Gasteiger partial charge in [0.05, 0.1) is 0 Å². The normalized spacial score (nSPS) is 17.7. The smallest absolute Gasteiger partial charge is 0.325 e. The number of hydrogen-bond acceptors (Lipinski definition) is 4. The van der Waals surface area contributed by atoms with Gasteiger partial charge in [-0.25, -0.2) is 4.79 Å². The minimum atomic E-state index is -0.736. The van der Waals surface area contributed by atoms with E-state index >= 15 is 0 Å². The number of rotatable bonds is 7. The molecule has 0 radical (unpaired) electrons. The molecule has 2 aliphatic rings. The van der Waals surface area contributed by atoms with Crippen LogP contribution in [0.25, 0.3) is 0 Å². The maximum Gasteiger partial charge on any atom is 0.325 e. The van der Waals surface area contributed by atoms with Crippen LogP contribution in [0.1, 0.15) is 51.5 Å². The molecule has 8 nitrogen and oxygen atoms in total. The molecule has 1 aromatic rings. The standard InChI is InChI=1S/C21H28N4O4/c1-14(2)18(27)23-16-7-5-15(6-8-16)13-22-17(26)9-12-25-19(28)21(24-20(25)29)10-3-4-11-21/h5-8,14H,3-4,9-13H2,1-2H3,(H,22,26)(H,23,27)(H,24,29). The number of anilines is 1. The summed E-state index contributed by atoms with van der Waals surface area (Å²) in [5.74, 6) is -0.574. The third-order valence-electron chi connectivity index (χ3n) is 5.50. The van der Waals surface area contributed by atoms with Crippen molar-refractivity contribution in [3.63, 3.8) is 0 Å². The molecule has 1 saturated carbocycles. The number of benzene rings is 1. The Morgan fingerprint density at radius 3 is 2.41 bits per heavy atom. The van der Waals surface area contributed by atoms with Crippen molar-refractivity contribution < 1.29 is 19.2 Å². The zero-order chi connectivity index (χ0) is 21.0. The maximum absolute atomic E-state index is 12.6. The van der Waals surface area contributed by atoms with Crippen molar-refractivity contribution in [1.29, 1.82) is 0 Å². The monoisotopic (exact) mass is 400 g/mol. The van der Waals surface area contributed by atoms with E-state index in [0.717, 1.165) is 23.3 Å². The summed E-state index contributed by atoms with van der Waals surface area (Å²) in [5, 5.41) is 8.42. The van der Waals surface area contributed by atoms with Crippen molar-refractivity contribution in [2.75, 3.05) is 11.9 Å². The fourth-order valence-electron chi connectivity index (χ4n) is 3.69. The highest BCUT2D eigenvalue weighted by molar-refractivity contribution is 6.07. The highest BCUT2D eigenvalue weighted by atomic mass is 16.2. The highest BCUT2D eigenvalue weighted by Gasteiger charge is 2.52. The number of imide groups is 1. The summed E-state index contributed by atoms with van der Waals surface area (Å²) in [4.78, 5) is 49.7. The van der Waals surface area contributed by atoms with Gasteiger partial charge >= 0.3 is 6.03 Å². The van der Waals surface area contributed by atoms with E-state index in [2.05, 4.69) is 16.0 Å². The summed E-state index contributed by atoms with van der Waals surface area (Å²) >= 11 is 0. The van der Waals surface area contributed by atoms with E-state index in [1.165, 1.54) is 0 Å². The van der Waals surface area contributed by atoms with Crippen molar-refractivity contribution >= 4 is 29.4 Å². The summed E-state index contributed by atoms with van der Waals surface area (Å²) in [6.45, 7) is 4.07. The van der Waals surface area contributed by atoms with Crippen molar-refractivity contribution in [3.05, 3.63) is 29.8 Å². The number of hydrogen-bond donors (Lipinski definition) is 3. The zero-order valence-corrected chi connectivity index (χ0v) is 16.9. The lowest BCUT2D eigenvalue weighted by Gasteiger charge is -2.19. The van der Waals surface area contributed by atoms with Crippen molar-refractivity contribution in [2.45, 2.75) is 58.0 Å². The Labute approximate surface area is 170 Å². The molecule has 1 aromatic carbocycles. The zero-order valence-electron chi connectivity index (χ0n) is 16.9. The van der Waals surface area contributed by atoms with Crippen LogP contribution >= 0.6 is 0 Å². The van der Waals surface area contributed by atoms with Crippen LogP contribution < -0.4 is 16.0 Å². The highest BCUT2D eigenvalue weighted by Crippen LogP contribution is 2.34. The predicted molar refractivity (Wildman–Crippen MR) is 108 cm³/mol. The van der Waals surface area contributed by atoms with E-state index in [1.807, 2.05) is 26.0 Å². The Bertz CT molecular complexity index is 797. The molecule has 0 aromatic heterocycles. The summed E-state index contributed by atoms with van der Waals surface area (Å²) in [7, 11) is 0. The van der Waals surface area contributed by atoms with Crippen LogP contribution in [0.4, 0.5) is 10.5 Å². The van der Waals surface area contributed by atoms with Gasteiger partial charge in [-0.2, -0.15) is 0 Å². The van der Waals surface area contributed by atoms with Crippen LogP contribution in [0.5, 0.6) is 0 Å². The lowest BCUT2D eigenvalue weighted by molar-refractivity contribution is -0.131. The molecule has 156 valence electrons. The predicted octanol–water partition coefficient (Wildman–Crippen LogP) is 2.15. The first-order valence-electron chi connectivity index (χ1n) is 10.1. The van der Waals surface area contributed by atoms with Gasteiger partial charge in [0.25, 0.3) is 5.91 Å². The number of amides is 5. The molecule has 2 fully saturated rings. The second kappa shape index (κ2) is 8.63. The Morgan fingerprint density at radius 2 is 1.79 bits per heavy atom. The van der Waals surface area contributed by atoms with Crippen LogP contribution in [0.15, 0.2) is 24.3 Å². The second-order valence-corrected chi connectivity index (χ2v) is 8.04.